The first-order valence-corrected chi connectivity index (χ1v) is 7.95. The highest BCUT2D eigenvalue weighted by atomic mass is 16.6. The minimum absolute atomic E-state index is 0.238. The number of carbonyl (C=O) groups excluding carboxylic acids is 1. The monoisotopic (exact) mass is 316 g/mol. The zero-order chi connectivity index (χ0) is 16.6. The van der Waals surface area contributed by atoms with Crippen LogP contribution in [0, 0.1) is 0 Å². The summed E-state index contributed by atoms with van der Waals surface area (Å²) in [5.74, 6) is 1.00. The first-order chi connectivity index (χ1) is 10.8. The number of nitrogens with one attached hydrogen (secondary N) is 1. The third kappa shape index (κ3) is 3.47. The molecule has 0 radical (unpaired) electrons. The number of rotatable bonds is 3. The van der Waals surface area contributed by atoms with E-state index in [2.05, 4.69) is 20.9 Å². The van der Waals surface area contributed by atoms with Crippen LogP contribution in [-0.4, -0.2) is 45.3 Å². The predicted octanol–water partition coefficient (Wildman–Crippen LogP) is 2.28. The summed E-state index contributed by atoms with van der Waals surface area (Å²) in [6.45, 7) is 7.69. The molecule has 1 fully saturated rings. The minimum atomic E-state index is -0.442. The molecule has 6 heteroatoms. The van der Waals surface area contributed by atoms with Gasteiger partial charge in [0.1, 0.15) is 11.4 Å². The van der Waals surface area contributed by atoms with E-state index in [4.69, 9.17) is 4.74 Å². The number of aryl methyl sites for hydroxylation is 1. The summed E-state index contributed by atoms with van der Waals surface area (Å²) in [5.41, 5.74) is 1.70. The number of hydrogen-bond acceptors (Lipinski definition) is 4. The SMILES string of the molecule is Cn1c(CNC2CN(C(=O)OC(C)(C)C)C2)nc2ccccc21. The van der Waals surface area contributed by atoms with Crippen LogP contribution in [0.2, 0.25) is 0 Å². The van der Waals surface area contributed by atoms with Gasteiger partial charge in [-0.3, -0.25) is 0 Å². The lowest BCUT2D eigenvalue weighted by Crippen LogP contribution is -2.60. The number of benzene rings is 1. The lowest BCUT2D eigenvalue weighted by molar-refractivity contribution is 0.00511. The van der Waals surface area contributed by atoms with Gasteiger partial charge in [-0.2, -0.15) is 0 Å². The molecule has 1 aliphatic rings. The molecule has 1 saturated heterocycles. The topological polar surface area (TPSA) is 59.4 Å². The Morgan fingerprint density at radius 1 is 1.35 bits per heavy atom. The average Bonchev–Trinajstić information content (AvgIpc) is 2.72. The number of fused-ring (bicyclic) bond motifs is 1. The fourth-order valence-electron chi connectivity index (χ4n) is 2.67. The Bertz CT molecular complexity index is 711. The molecule has 124 valence electrons. The van der Waals surface area contributed by atoms with Crippen LogP contribution in [0.15, 0.2) is 24.3 Å². The van der Waals surface area contributed by atoms with Crippen molar-refractivity contribution in [1.82, 2.24) is 19.8 Å². The molecule has 2 aromatic rings. The van der Waals surface area contributed by atoms with Crippen molar-refractivity contribution in [2.24, 2.45) is 7.05 Å². The van der Waals surface area contributed by atoms with E-state index in [1.165, 1.54) is 0 Å². The molecule has 0 unspecified atom stereocenters. The Morgan fingerprint density at radius 3 is 2.70 bits per heavy atom. The molecule has 3 rings (SSSR count). The third-order valence-corrected chi connectivity index (χ3v) is 3.96. The molecule has 0 saturated carbocycles. The summed E-state index contributed by atoms with van der Waals surface area (Å²) in [6, 6.07) is 8.40. The van der Waals surface area contributed by atoms with Crippen molar-refractivity contribution in [3.63, 3.8) is 0 Å². The van der Waals surface area contributed by atoms with Gasteiger partial charge in [0.2, 0.25) is 0 Å². The van der Waals surface area contributed by atoms with E-state index in [9.17, 15) is 4.79 Å². The second-order valence-corrected chi connectivity index (χ2v) is 7.04. The molecule has 2 heterocycles. The molecular formula is C17H24N4O2. The van der Waals surface area contributed by atoms with Gasteiger partial charge in [0.15, 0.2) is 0 Å². The van der Waals surface area contributed by atoms with Crippen LogP contribution in [0.25, 0.3) is 11.0 Å². The fourth-order valence-corrected chi connectivity index (χ4v) is 2.67. The minimum Gasteiger partial charge on any atom is -0.444 e. The molecule has 1 aliphatic heterocycles. The van der Waals surface area contributed by atoms with Gasteiger partial charge in [-0.1, -0.05) is 12.1 Å². The van der Waals surface area contributed by atoms with Crippen LogP contribution in [0.3, 0.4) is 0 Å². The number of amides is 1. The van der Waals surface area contributed by atoms with Crippen molar-refractivity contribution in [3.05, 3.63) is 30.1 Å². The van der Waals surface area contributed by atoms with Crippen molar-refractivity contribution in [2.45, 2.75) is 39.0 Å². The van der Waals surface area contributed by atoms with E-state index < -0.39 is 5.60 Å². The van der Waals surface area contributed by atoms with Gasteiger partial charge in [-0.15, -0.1) is 0 Å². The molecule has 0 aliphatic carbocycles. The average molecular weight is 316 g/mol. The van der Waals surface area contributed by atoms with Crippen LogP contribution in [0.5, 0.6) is 0 Å². The Kier molecular flexibility index (Phi) is 4.02. The first-order valence-electron chi connectivity index (χ1n) is 7.95. The molecule has 6 nitrogen and oxygen atoms in total. The molecular weight excluding hydrogens is 292 g/mol. The van der Waals surface area contributed by atoms with Crippen molar-refractivity contribution in [1.29, 1.82) is 0 Å². The number of likely N-dealkylation sites (tertiary alicyclic amines) is 1. The Labute approximate surface area is 136 Å². The van der Waals surface area contributed by atoms with Gasteiger partial charge < -0.3 is 19.5 Å². The maximum atomic E-state index is 11.9. The van der Waals surface area contributed by atoms with Crippen LogP contribution < -0.4 is 5.32 Å². The molecule has 0 spiro atoms. The van der Waals surface area contributed by atoms with Crippen molar-refractivity contribution < 1.29 is 9.53 Å². The second-order valence-electron chi connectivity index (χ2n) is 7.04. The molecule has 1 aromatic heterocycles. The van der Waals surface area contributed by atoms with E-state index in [1.54, 1.807) is 4.90 Å². The standard InChI is InChI=1S/C17H24N4O2/c1-17(2,3)23-16(22)21-10-12(11-21)18-9-15-19-13-7-5-6-8-14(13)20(15)4/h5-8,12,18H,9-11H2,1-4H3. The number of para-hydroxylation sites is 2. The molecule has 1 N–H and O–H groups in total. The second kappa shape index (κ2) is 5.85. The smallest absolute Gasteiger partial charge is 0.410 e. The van der Waals surface area contributed by atoms with E-state index in [-0.39, 0.29) is 6.09 Å². The van der Waals surface area contributed by atoms with Crippen molar-refractivity contribution >= 4 is 17.1 Å². The molecule has 0 bridgehead atoms. The molecule has 1 aromatic carbocycles. The van der Waals surface area contributed by atoms with Gasteiger partial charge in [0.05, 0.1) is 17.6 Å². The zero-order valence-electron chi connectivity index (χ0n) is 14.2. The summed E-state index contributed by atoms with van der Waals surface area (Å²) < 4.78 is 7.46. The van der Waals surface area contributed by atoms with Gasteiger partial charge in [0, 0.05) is 26.2 Å². The van der Waals surface area contributed by atoms with Crippen LogP contribution >= 0.6 is 0 Å². The highest BCUT2D eigenvalue weighted by Crippen LogP contribution is 2.17. The van der Waals surface area contributed by atoms with Crippen LogP contribution in [0.1, 0.15) is 26.6 Å². The lowest BCUT2D eigenvalue weighted by Gasteiger charge is -2.40. The molecule has 23 heavy (non-hydrogen) atoms. The van der Waals surface area contributed by atoms with Gasteiger partial charge >= 0.3 is 6.09 Å². The zero-order valence-corrected chi connectivity index (χ0v) is 14.2. The summed E-state index contributed by atoms with van der Waals surface area (Å²) in [5, 5.41) is 3.45. The van der Waals surface area contributed by atoms with Gasteiger partial charge in [-0.05, 0) is 32.9 Å². The van der Waals surface area contributed by atoms with E-state index in [0.29, 0.717) is 25.7 Å². The highest BCUT2D eigenvalue weighted by molar-refractivity contribution is 5.75. The fraction of sp³-hybridized carbons (Fsp3) is 0.529. The van der Waals surface area contributed by atoms with Crippen molar-refractivity contribution in [3.8, 4) is 0 Å². The Morgan fingerprint density at radius 2 is 2.04 bits per heavy atom. The number of carbonyl (C=O) groups is 1. The summed E-state index contributed by atoms with van der Waals surface area (Å²) in [7, 11) is 2.03. The van der Waals surface area contributed by atoms with E-state index in [0.717, 1.165) is 16.9 Å². The number of aromatic nitrogens is 2. The Hall–Kier alpha value is -2.08. The summed E-state index contributed by atoms with van der Waals surface area (Å²) in [4.78, 5) is 18.3. The number of imidazole rings is 1. The quantitative estimate of drug-likeness (QED) is 0.944. The largest absolute Gasteiger partial charge is 0.444 e. The summed E-state index contributed by atoms with van der Waals surface area (Å²) in [6.07, 6.45) is -0.238. The maximum absolute atomic E-state index is 11.9. The number of nitrogens with zero attached hydrogens (tertiary/aromatic N) is 3. The maximum Gasteiger partial charge on any atom is 0.410 e. The van der Waals surface area contributed by atoms with Crippen molar-refractivity contribution in [2.75, 3.05) is 13.1 Å². The summed E-state index contributed by atoms with van der Waals surface area (Å²) >= 11 is 0. The van der Waals surface area contributed by atoms with Gasteiger partial charge in [-0.25, -0.2) is 9.78 Å². The molecule has 1 amide bonds. The first kappa shape index (κ1) is 15.8. The third-order valence-electron chi connectivity index (χ3n) is 3.96. The number of ether oxygens (including phenoxy) is 1. The lowest BCUT2D eigenvalue weighted by atomic mass is 10.1. The Balaban J connectivity index is 1.51. The van der Waals surface area contributed by atoms with Gasteiger partial charge in [0.25, 0.3) is 0 Å². The van der Waals surface area contributed by atoms with E-state index in [1.807, 2.05) is 46.0 Å². The highest BCUT2D eigenvalue weighted by Gasteiger charge is 2.33. The van der Waals surface area contributed by atoms with Crippen LogP contribution in [-0.2, 0) is 18.3 Å². The van der Waals surface area contributed by atoms with E-state index >= 15 is 0 Å². The predicted molar refractivity (Wildman–Crippen MR) is 89.1 cm³/mol. The van der Waals surface area contributed by atoms with Crippen LogP contribution in [0.4, 0.5) is 4.79 Å². The number of hydrogen-bond donors (Lipinski definition) is 1. The normalized spacial score (nSPS) is 15.7. The molecule has 0 atom stereocenters.